The molecular formula is C8H6BrFN2O3. The zero-order chi connectivity index (χ0) is 11.4. The van der Waals surface area contributed by atoms with E-state index in [9.17, 15) is 14.0 Å². The van der Waals surface area contributed by atoms with Crippen LogP contribution in [0.4, 0.5) is 9.18 Å². The van der Waals surface area contributed by atoms with Gasteiger partial charge < -0.3 is 5.11 Å². The highest BCUT2D eigenvalue weighted by Crippen LogP contribution is 2.14. The van der Waals surface area contributed by atoms with E-state index in [4.69, 9.17) is 5.11 Å². The number of carbonyl (C=O) groups is 2. The SMILES string of the molecule is O=C(O)NNC(=O)c1ccc(Br)cc1F. The third-order valence-corrected chi connectivity index (χ3v) is 1.95. The highest BCUT2D eigenvalue weighted by Gasteiger charge is 2.11. The number of halogens is 2. The fourth-order valence-electron chi connectivity index (χ4n) is 0.851. The van der Waals surface area contributed by atoms with Gasteiger partial charge in [-0.1, -0.05) is 15.9 Å². The second-order valence-electron chi connectivity index (χ2n) is 2.51. The van der Waals surface area contributed by atoms with Crippen LogP contribution in [0.5, 0.6) is 0 Å². The number of nitrogens with one attached hydrogen (secondary N) is 2. The van der Waals surface area contributed by atoms with Crippen LogP contribution in [0.15, 0.2) is 22.7 Å². The second kappa shape index (κ2) is 4.74. The molecule has 0 aliphatic carbocycles. The van der Waals surface area contributed by atoms with Gasteiger partial charge in [0, 0.05) is 4.47 Å². The van der Waals surface area contributed by atoms with Crippen molar-refractivity contribution < 1.29 is 19.1 Å². The summed E-state index contributed by atoms with van der Waals surface area (Å²) >= 11 is 3.03. The number of rotatable bonds is 1. The minimum Gasteiger partial charge on any atom is -0.464 e. The molecule has 15 heavy (non-hydrogen) atoms. The molecule has 0 fully saturated rings. The van der Waals surface area contributed by atoms with Gasteiger partial charge in [0.05, 0.1) is 5.56 Å². The van der Waals surface area contributed by atoms with Crippen molar-refractivity contribution in [3.8, 4) is 0 Å². The van der Waals surface area contributed by atoms with E-state index < -0.39 is 17.8 Å². The highest BCUT2D eigenvalue weighted by atomic mass is 79.9. The molecule has 7 heteroatoms. The van der Waals surface area contributed by atoms with Gasteiger partial charge in [-0.2, -0.15) is 0 Å². The van der Waals surface area contributed by atoms with Crippen molar-refractivity contribution in [1.29, 1.82) is 0 Å². The average molecular weight is 277 g/mol. The summed E-state index contributed by atoms with van der Waals surface area (Å²) in [5.74, 6) is -1.60. The van der Waals surface area contributed by atoms with Crippen LogP contribution in [0.2, 0.25) is 0 Å². The number of hydrogen-bond donors (Lipinski definition) is 3. The summed E-state index contributed by atoms with van der Waals surface area (Å²) in [6.45, 7) is 0. The van der Waals surface area contributed by atoms with E-state index >= 15 is 0 Å². The lowest BCUT2D eigenvalue weighted by molar-refractivity contribution is 0.0922. The van der Waals surface area contributed by atoms with Crippen LogP contribution in [0, 0.1) is 5.82 Å². The van der Waals surface area contributed by atoms with E-state index in [2.05, 4.69) is 15.9 Å². The van der Waals surface area contributed by atoms with Gasteiger partial charge in [0.25, 0.3) is 5.91 Å². The first-order valence-corrected chi connectivity index (χ1v) is 4.54. The minimum absolute atomic E-state index is 0.244. The van der Waals surface area contributed by atoms with Crippen molar-refractivity contribution in [3.05, 3.63) is 34.1 Å². The third-order valence-electron chi connectivity index (χ3n) is 1.46. The minimum atomic E-state index is -1.43. The van der Waals surface area contributed by atoms with E-state index in [1.54, 1.807) is 5.43 Å². The van der Waals surface area contributed by atoms with Crippen molar-refractivity contribution >= 4 is 27.9 Å². The topological polar surface area (TPSA) is 78.4 Å². The third kappa shape index (κ3) is 3.21. The van der Waals surface area contributed by atoms with Gasteiger partial charge in [-0.3, -0.25) is 10.2 Å². The zero-order valence-corrected chi connectivity index (χ0v) is 8.84. The number of carboxylic acid groups (broad SMARTS) is 1. The van der Waals surface area contributed by atoms with E-state index in [-0.39, 0.29) is 5.56 Å². The molecule has 0 aliphatic rings. The Morgan fingerprint density at radius 2 is 2.00 bits per heavy atom. The molecule has 0 saturated carbocycles. The smallest absolute Gasteiger partial charge is 0.423 e. The van der Waals surface area contributed by atoms with Gasteiger partial charge in [-0.15, -0.1) is 0 Å². The molecule has 3 N–H and O–H groups in total. The van der Waals surface area contributed by atoms with Crippen molar-refractivity contribution in [2.45, 2.75) is 0 Å². The summed E-state index contributed by atoms with van der Waals surface area (Å²) in [7, 11) is 0. The van der Waals surface area contributed by atoms with Crippen molar-refractivity contribution in [1.82, 2.24) is 10.9 Å². The van der Waals surface area contributed by atoms with Crippen molar-refractivity contribution in [2.75, 3.05) is 0 Å². The Bertz CT molecular complexity index is 411. The molecule has 1 rings (SSSR count). The zero-order valence-electron chi connectivity index (χ0n) is 7.25. The van der Waals surface area contributed by atoms with Crippen LogP contribution in [-0.4, -0.2) is 17.1 Å². The molecule has 0 radical (unpaired) electrons. The quantitative estimate of drug-likeness (QED) is 0.681. The number of hydrazine groups is 1. The van der Waals surface area contributed by atoms with E-state index in [1.807, 2.05) is 5.43 Å². The largest absolute Gasteiger partial charge is 0.464 e. The number of hydrogen-bond acceptors (Lipinski definition) is 2. The van der Waals surface area contributed by atoms with Gasteiger partial charge in [-0.05, 0) is 18.2 Å². The summed E-state index contributed by atoms with van der Waals surface area (Å²) in [5, 5.41) is 8.20. The number of benzene rings is 1. The van der Waals surface area contributed by atoms with Crippen LogP contribution in [0.1, 0.15) is 10.4 Å². The fourth-order valence-corrected chi connectivity index (χ4v) is 1.18. The van der Waals surface area contributed by atoms with Gasteiger partial charge in [0.15, 0.2) is 0 Å². The molecule has 80 valence electrons. The summed E-state index contributed by atoms with van der Waals surface area (Å²) in [5.41, 5.74) is 3.20. The van der Waals surface area contributed by atoms with Gasteiger partial charge in [0.2, 0.25) is 0 Å². The van der Waals surface area contributed by atoms with Gasteiger partial charge >= 0.3 is 6.09 Å². The first kappa shape index (κ1) is 11.4. The molecule has 2 amide bonds. The van der Waals surface area contributed by atoms with Crippen LogP contribution < -0.4 is 10.9 Å². The molecule has 0 heterocycles. The van der Waals surface area contributed by atoms with Crippen molar-refractivity contribution in [2.24, 2.45) is 0 Å². The summed E-state index contributed by atoms with van der Waals surface area (Å²) < 4.78 is 13.6. The average Bonchev–Trinajstić information content (AvgIpc) is 2.14. The van der Waals surface area contributed by atoms with Gasteiger partial charge in [-0.25, -0.2) is 14.6 Å². The van der Waals surface area contributed by atoms with Crippen LogP contribution >= 0.6 is 15.9 Å². The van der Waals surface area contributed by atoms with Crippen LogP contribution in [0.25, 0.3) is 0 Å². The lowest BCUT2D eigenvalue weighted by Crippen LogP contribution is -2.41. The van der Waals surface area contributed by atoms with Crippen LogP contribution in [0.3, 0.4) is 0 Å². The molecule has 1 aromatic carbocycles. The molecule has 0 aromatic heterocycles. The second-order valence-corrected chi connectivity index (χ2v) is 3.42. The van der Waals surface area contributed by atoms with E-state index in [1.165, 1.54) is 12.1 Å². The predicted octanol–water partition coefficient (Wildman–Crippen LogP) is 1.50. The Hall–Kier alpha value is -1.63. The number of amides is 2. The Kier molecular flexibility index (Phi) is 3.62. The summed E-state index contributed by atoms with van der Waals surface area (Å²) in [4.78, 5) is 21.2. The molecule has 0 saturated heterocycles. The molecule has 5 nitrogen and oxygen atoms in total. The lowest BCUT2D eigenvalue weighted by Gasteiger charge is -2.04. The highest BCUT2D eigenvalue weighted by molar-refractivity contribution is 9.10. The Balaban J connectivity index is 2.78. The molecule has 0 bridgehead atoms. The van der Waals surface area contributed by atoms with E-state index in [0.717, 1.165) is 6.07 Å². The Labute approximate surface area is 92.4 Å². The summed E-state index contributed by atoms with van der Waals surface area (Å²) in [6.07, 6.45) is -1.43. The first-order valence-electron chi connectivity index (χ1n) is 3.75. The predicted molar refractivity (Wildman–Crippen MR) is 52.7 cm³/mol. The van der Waals surface area contributed by atoms with E-state index in [0.29, 0.717) is 4.47 Å². The fraction of sp³-hybridized carbons (Fsp3) is 0. The standard InChI is InChI=1S/C8H6BrFN2O3/c9-4-1-2-5(6(10)3-4)7(13)11-12-8(14)15/h1-3,12H,(H,11,13)(H,14,15). The lowest BCUT2D eigenvalue weighted by atomic mass is 10.2. The monoisotopic (exact) mass is 276 g/mol. The van der Waals surface area contributed by atoms with Crippen LogP contribution in [-0.2, 0) is 0 Å². The molecule has 1 aromatic rings. The first-order chi connectivity index (χ1) is 7.00. The molecule has 0 spiro atoms. The molecule has 0 atom stereocenters. The summed E-state index contributed by atoms with van der Waals surface area (Å²) in [6, 6.07) is 3.81. The van der Waals surface area contributed by atoms with Gasteiger partial charge in [0.1, 0.15) is 5.82 Å². The molecular weight excluding hydrogens is 271 g/mol. The number of carbonyl (C=O) groups excluding carboxylic acids is 1. The van der Waals surface area contributed by atoms with Crippen molar-refractivity contribution in [3.63, 3.8) is 0 Å². The maximum Gasteiger partial charge on any atom is 0.423 e. The molecule has 0 unspecified atom stereocenters. The normalized spacial score (nSPS) is 9.47. The maximum atomic E-state index is 13.2. The Morgan fingerprint density at radius 3 is 2.53 bits per heavy atom. The Morgan fingerprint density at radius 1 is 1.33 bits per heavy atom. The molecule has 0 aliphatic heterocycles. The maximum absolute atomic E-state index is 13.2.